The normalized spacial score (nSPS) is 20.3. The number of aryl methyl sites for hydroxylation is 2. The zero-order valence-corrected chi connectivity index (χ0v) is 12.2. The lowest BCUT2D eigenvalue weighted by molar-refractivity contribution is -0.153. The maximum absolute atomic E-state index is 12.3. The lowest BCUT2D eigenvalue weighted by atomic mass is 9.76. The number of benzene rings is 1. The van der Waals surface area contributed by atoms with Crippen LogP contribution < -0.4 is 5.73 Å². The summed E-state index contributed by atoms with van der Waals surface area (Å²) in [4.78, 5) is 12.3. The summed E-state index contributed by atoms with van der Waals surface area (Å²) in [6.45, 7) is 0.376. The molecule has 0 radical (unpaired) electrons. The molecule has 108 valence electrons. The second-order valence-corrected chi connectivity index (χ2v) is 6.26. The fourth-order valence-electron chi connectivity index (χ4n) is 3.64. The number of ether oxygens (including phenoxy) is 1. The van der Waals surface area contributed by atoms with Gasteiger partial charge in [-0.25, -0.2) is 0 Å². The molecule has 0 amide bonds. The van der Waals surface area contributed by atoms with Crippen LogP contribution in [0, 0.1) is 11.3 Å². The van der Waals surface area contributed by atoms with E-state index in [-0.39, 0.29) is 5.97 Å². The molecule has 1 unspecified atom stereocenters. The Balaban J connectivity index is 1.88. The molecule has 1 aromatic rings. The van der Waals surface area contributed by atoms with E-state index in [2.05, 4.69) is 18.2 Å². The first kappa shape index (κ1) is 13.6. The summed E-state index contributed by atoms with van der Waals surface area (Å²) in [6, 6.07) is 6.67. The van der Waals surface area contributed by atoms with Gasteiger partial charge in [0.15, 0.2) is 0 Å². The molecule has 1 aromatic carbocycles. The fourth-order valence-corrected chi connectivity index (χ4v) is 3.64. The Morgan fingerprint density at radius 1 is 1.35 bits per heavy atom. The van der Waals surface area contributed by atoms with Gasteiger partial charge in [-0.2, -0.15) is 0 Å². The van der Waals surface area contributed by atoms with Crippen molar-refractivity contribution in [3.05, 3.63) is 34.9 Å². The second-order valence-electron chi connectivity index (χ2n) is 6.26. The van der Waals surface area contributed by atoms with Crippen LogP contribution in [0.1, 0.15) is 36.0 Å². The van der Waals surface area contributed by atoms with Crippen molar-refractivity contribution in [1.29, 1.82) is 0 Å². The smallest absolute Gasteiger partial charge is 0.313 e. The van der Waals surface area contributed by atoms with Crippen LogP contribution in [-0.2, 0) is 28.8 Å². The molecule has 0 spiro atoms. The van der Waals surface area contributed by atoms with Gasteiger partial charge >= 0.3 is 5.97 Å². The number of carbonyl (C=O) groups is 1. The van der Waals surface area contributed by atoms with E-state index in [1.165, 1.54) is 43.1 Å². The van der Waals surface area contributed by atoms with Gasteiger partial charge in [0, 0.05) is 6.54 Å². The molecule has 2 aliphatic carbocycles. The minimum Gasteiger partial charge on any atom is -0.469 e. The maximum atomic E-state index is 12.3. The van der Waals surface area contributed by atoms with Crippen molar-refractivity contribution in [3.63, 3.8) is 0 Å². The SMILES string of the molecule is COC(=O)C(CN)(Cc1ccc2c(c1)CCC2)C1CC1. The molecule has 3 rings (SSSR count). The maximum Gasteiger partial charge on any atom is 0.313 e. The summed E-state index contributed by atoms with van der Waals surface area (Å²) < 4.78 is 5.05. The summed E-state index contributed by atoms with van der Waals surface area (Å²) in [6.07, 6.45) is 6.51. The van der Waals surface area contributed by atoms with E-state index in [0.717, 1.165) is 12.8 Å². The third-order valence-electron chi connectivity index (χ3n) is 5.00. The number of nitrogens with two attached hydrogens (primary N) is 1. The number of hydrogen-bond acceptors (Lipinski definition) is 3. The highest BCUT2D eigenvalue weighted by Gasteiger charge is 2.50. The zero-order valence-electron chi connectivity index (χ0n) is 12.2. The largest absolute Gasteiger partial charge is 0.469 e. The number of fused-ring (bicyclic) bond motifs is 1. The number of rotatable bonds is 5. The van der Waals surface area contributed by atoms with Crippen molar-refractivity contribution < 1.29 is 9.53 Å². The van der Waals surface area contributed by atoms with Crippen LogP contribution in [0.15, 0.2) is 18.2 Å². The van der Waals surface area contributed by atoms with Crippen LogP contribution in [0.5, 0.6) is 0 Å². The van der Waals surface area contributed by atoms with E-state index in [0.29, 0.717) is 18.9 Å². The predicted octanol–water partition coefficient (Wildman–Crippen LogP) is 2.25. The van der Waals surface area contributed by atoms with Crippen molar-refractivity contribution in [1.82, 2.24) is 0 Å². The van der Waals surface area contributed by atoms with Crippen LogP contribution in [0.25, 0.3) is 0 Å². The van der Waals surface area contributed by atoms with Gasteiger partial charge in [-0.05, 0) is 61.1 Å². The first-order chi connectivity index (χ1) is 9.69. The van der Waals surface area contributed by atoms with E-state index in [9.17, 15) is 4.79 Å². The summed E-state index contributed by atoms with van der Waals surface area (Å²) in [7, 11) is 1.47. The van der Waals surface area contributed by atoms with Gasteiger partial charge in [0.2, 0.25) is 0 Å². The molecule has 0 heterocycles. The molecule has 2 N–H and O–H groups in total. The van der Waals surface area contributed by atoms with E-state index >= 15 is 0 Å². The third-order valence-corrected chi connectivity index (χ3v) is 5.00. The molecular weight excluding hydrogens is 250 g/mol. The van der Waals surface area contributed by atoms with Crippen LogP contribution in [0.3, 0.4) is 0 Å². The van der Waals surface area contributed by atoms with Gasteiger partial charge < -0.3 is 10.5 Å². The van der Waals surface area contributed by atoms with Crippen LogP contribution >= 0.6 is 0 Å². The molecular formula is C17H23NO2. The highest BCUT2D eigenvalue weighted by atomic mass is 16.5. The van der Waals surface area contributed by atoms with Crippen LogP contribution in [0.2, 0.25) is 0 Å². The first-order valence-corrected chi connectivity index (χ1v) is 7.59. The number of methoxy groups -OCH3 is 1. The van der Waals surface area contributed by atoms with Crippen LogP contribution in [-0.4, -0.2) is 19.6 Å². The van der Waals surface area contributed by atoms with Gasteiger partial charge in [0.25, 0.3) is 0 Å². The van der Waals surface area contributed by atoms with Crippen molar-refractivity contribution >= 4 is 5.97 Å². The van der Waals surface area contributed by atoms with Crippen molar-refractivity contribution in [2.75, 3.05) is 13.7 Å². The van der Waals surface area contributed by atoms with Crippen LogP contribution in [0.4, 0.5) is 0 Å². The minimum atomic E-state index is -0.512. The van der Waals surface area contributed by atoms with Gasteiger partial charge in [0.1, 0.15) is 0 Å². The summed E-state index contributed by atoms with van der Waals surface area (Å²) >= 11 is 0. The minimum absolute atomic E-state index is 0.136. The molecule has 0 aromatic heterocycles. The van der Waals surface area contributed by atoms with E-state index in [4.69, 9.17) is 10.5 Å². The van der Waals surface area contributed by atoms with E-state index in [1.807, 2.05) is 0 Å². The Morgan fingerprint density at radius 3 is 2.75 bits per heavy atom. The molecule has 20 heavy (non-hydrogen) atoms. The van der Waals surface area contributed by atoms with Crippen molar-refractivity contribution in [2.45, 2.75) is 38.5 Å². The molecule has 0 bridgehead atoms. The van der Waals surface area contributed by atoms with Gasteiger partial charge in [-0.1, -0.05) is 18.2 Å². The highest BCUT2D eigenvalue weighted by molar-refractivity contribution is 5.78. The average Bonchev–Trinajstić information content (AvgIpc) is 3.22. The molecule has 2 aliphatic rings. The van der Waals surface area contributed by atoms with E-state index in [1.54, 1.807) is 0 Å². The van der Waals surface area contributed by atoms with Gasteiger partial charge in [0.05, 0.1) is 12.5 Å². The predicted molar refractivity (Wildman–Crippen MR) is 78.4 cm³/mol. The topological polar surface area (TPSA) is 52.3 Å². The molecule has 0 saturated heterocycles. The van der Waals surface area contributed by atoms with Gasteiger partial charge in [-0.15, -0.1) is 0 Å². The lowest BCUT2D eigenvalue weighted by Crippen LogP contribution is -2.43. The number of esters is 1. The summed E-state index contributed by atoms with van der Waals surface area (Å²) in [5, 5.41) is 0. The molecule has 3 heteroatoms. The molecule has 1 fully saturated rings. The van der Waals surface area contributed by atoms with Crippen molar-refractivity contribution in [3.8, 4) is 0 Å². The average molecular weight is 273 g/mol. The Bertz CT molecular complexity index is 522. The number of hydrogen-bond donors (Lipinski definition) is 1. The number of carbonyl (C=O) groups excluding carboxylic acids is 1. The Hall–Kier alpha value is -1.35. The van der Waals surface area contributed by atoms with Gasteiger partial charge in [-0.3, -0.25) is 4.79 Å². The zero-order chi connectivity index (χ0) is 14.2. The molecule has 1 saturated carbocycles. The summed E-state index contributed by atoms with van der Waals surface area (Å²) in [5.74, 6) is 0.260. The van der Waals surface area contributed by atoms with E-state index < -0.39 is 5.41 Å². The lowest BCUT2D eigenvalue weighted by Gasteiger charge is -2.30. The molecule has 3 nitrogen and oxygen atoms in total. The Morgan fingerprint density at radius 2 is 2.10 bits per heavy atom. The second kappa shape index (κ2) is 5.21. The monoisotopic (exact) mass is 273 g/mol. The molecule has 0 aliphatic heterocycles. The summed E-state index contributed by atoms with van der Waals surface area (Å²) in [5.41, 5.74) is 9.62. The standard InChI is InChI=1S/C17H23NO2/c1-20-16(19)17(11-18,15-7-8-15)10-12-5-6-13-3-2-4-14(13)9-12/h5-6,9,15H,2-4,7-8,10-11,18H2,1H3. The molecule has 1 atom stereocenters. The Kier molecular flexibility index (Phi) is 3.55. The third kappa shape index (κ3) is 2.24. The highest BCUT2D eigenvalue weighted by Crippen LogP contribution is 2.48. The Labute approximate surface area is 120 Å². The van der Waals surface area contributed by atoms with Crippen molar-refractivity contribution in [2.24, 2.45) is 17.1 Å². The quantitative estimate of drug-likeness (QED) is 0.837. The first-order valence-electron chi connectivity index (χ1n) is 7.59. The fraction of sp³-hybridized carbons (Fsp3) is 0.588.